The fraction of sp³-hybridized carbons (Fsp3) is 0.650. The molecule has 1 N–H and O–H groups in total. The van der Waals surface area contributed by atoms with Crippen LogP contribution in [0.2, 0.25) is 0 Å². The summed E-state index contributed by atoms with van der Waals surface area (Å²) < 4.78 is 0. The molecule has 1 aromatic rings. The maximum Gasteiger partial charge on any atom is 0.321 e. The van der Waals surface area contributed by atoms with Crippen molar-refractivity contribution in [2.24, 2.45) is 11.3 Å². The first-order valence-electron chi connectivity index (χ1n) is 9.31. The van der Waals surface area contributed by atoms with E-state index in [2.05, 4.69) is 24.1 Å². The summed E-state index contributed by atoms with van der Waals surface area (Å²) in [5, 5.41) is 3.06. The lowest BCUT2D eigenvalue weighted by Gasteiger charge is -2.41. The number of carbonyl (C=O) groups is 1. The molecule has 0 aromatic heterocycles. The lowest BCUT2D eigenvalue weighted by Crippen LogP contribution is -2.46. The largest absolute Gasteiger partial charge is 0.324 e. The number of amides is 2. The van der Waals surface area contributed by atoms with E-state index in [1.54, 1.807) is 0 Å². The molecule has 2 saturated heterocycles. The molecule has 0 unspecified atom stereocenters. The summed E-state index contributed by atoms with van der Waals surface area (Å²) in [6.07, 6.45) is 3.67. The van der Waals surface area contributed by atoms with Crippen LogP contribution in [0.1, 0.15) is 38.7 Å². The molecule has 24 heavy (non-hydrogen) atoms. The highest BCUT2D eigenvalue weighted by molar-refractivity contribution is 5.89. The Kier molecular flexibility index (Phi) is 5.14. The fourth-order valence-corrected chi connectivity index (χ4v) is 4.35. The first-order chi connectivity index (χ1) is 11.5. The van der Waals surface area contributed by atoms with Crippen LogP contribution in [-0.4, -0.2) is 48.6 Å². The molecule has 3 rings (SSSR count). The van der Waals surface area contributed by atoms with Gasteiger partial charge in [-0.05, 0) is 56.3 Å². The van der Waals surface area contributed by atoms with Crippen LogP contribution in [-0.2, 0) is 0 Å². The number of nitrogens with zero attached hydrogens (tertiary/aromatic N) is 2. The van der Waals surface area contributed by atoms with Gasteiger partial charge in [-0.3, -0.25) is 0 Å². The number of rotatable bonds is 3. The van der Waals surface area contributed by atoms with Gasteiger partial charge in [0.05, 0.1) is 0 Å². The normalized spacial score (nSPS) is 24.8. The zero-order chi connectivity index (χ0) is 17.2. The Morgan fingerprint density at radius 2 is 2.08 bits per heavy atom. The molecule has 0 aliphatic carbocycles. The molecular weight excluding hydrogens is 298 g/mol. The number of aryl methyl sites for hydroxylation is 1. The Morgan fingerprint density at radius 1 is 1.25 bits per heavy atom. The van der Waals surface area contributed by atoms with Gasteiger partial charge in [-0.2, -0.15) is 0 Å². The van der Waals surface area contributed by atoms with Crippen molar-refractivity contribution in [3.05, 3.63) is 29.8 Å². The summed E-state index contributed by atoms with van der Waals surface area (Å²) >= 11 is 0. The molecule has 2 fully saturated rings. The molecule has 0 bridgehead atoms. The van der Waals surface area contributed by atoms with Gasteiger partial charge in [0.2, 0.25) is 0 Å². The zero-order valence-electron chi connectivity index (χ0n) is 15.3. The highest BCUT2D eigenvalue weighted by Gasteiger charge is 2.42. The van der Waals surface area contributed by atoms with E-state index in [0.29, 0.717) is 11.3 Å². The minimum Gasteiger partial charge on any atom is -0.324 e. The van der Waals surface area contributed by atoms with E-state index in [1.165, 1.54) is 31.5 Å². The highest BCUT2D eigenvalue weighted by Crippen LogP contribution is 2.39. The van der Waals surface area contributed by atoms with Gasteiger partial charge in [-0.15, -0.1) is 0 Å². The van der Waals surface area contributed by atoms with Crippen molar-refractivity contribution in [3.63, 3.8) is 0 Å². The van der Waals surface area contributed by atoms with Crippen molar-refractivity contribution in [3.8, 4) is 0 Å². The van der Waals surface area contributed by atoms with E-state index < -0.39 is 0 Å². The third kappa shape index (κ3) is 4.10. The number of benzene rings is 1. The lowest BCUT2D eigenvalue weighted by atomic mass is 9.79. The van der Waals surface area contributed by atoms with Crippen LogP contribution in [0.15, 0.2) is 24.3 Å². The number of hydrogen-bond acceptors (Lipinski definition) is 2. The summed E-state index contributed by atoms with van der Waals surface area (Å²) in [6.45, 7) is 12.0. The second kappa shape index (κ2) is 7.14. The summed E-state index contributed by atoms with van der Waals surface area (Å²) in [7, 11) is 0. The maximum absolute atomic E-state index is 12.6. The monoisotopic (exact) mass is 329 g/mol. The van der Waals surface area contributed by atoms with E-state index in [-0.39, 0.29) is 6.03 Å². The molecule has 2 aliphatic heterocycles. The van der Waals surface area contributed by atoms with Crippen LogP contribution in [0.4, 0.5) is 10.5 Å². The Morgan fingerprint density at radius 3 is 2.83 bits per heavy atom. The van der Waals surface area contributed by atoms with Crippen molar-refractivity contribution in [2.45, 2.75) is 40.0 Å². The van der Waals surface area contributed by atoms with Gasteiger partial charge >= 0.3 is 6.03 Å². The summed E-state index contributed by atoms with van der Waals surface area (Å²) in [6, 6.07) is 8.07. The molecule has 4 heteroatoms. The Balaban J connectivity index is 1.59. The maximum atomic E-state index is 12.6. The molecule has 1 spiro atoms. The number of anilines is 1. The summed E-state index contributed by atoms with van der Waals surface area (Å²) in [5.74, 6) is 0.710. The second-order valence-corrected chi connectivity index (χ2v) is 8.20. The van der Waals surface area contributed by atoms with Gasteiger partial charge in [-0.25, -0.2) is 4.79 Å². The SMILES string of the molecule is Cc1cccc(NC(=O)N2CC[C@@]3(CCCN(CC(C)C)C3)C2)c1. The van der Waals surface area contributed by atoms with E-state index in [1.807, 2.05) is 36.1 Å². The molecular formula is C20H31N3O. The summed E-state index contributed by atoms with van der Waals surface area (Å²) in [4.78, 5) is 17.2. The Bertz CT molecular complexity index is 586. The van der Waals surface area contributed by atoms with Crippen LogP contribution < -0.4 is 5.32 Å². The smallest absolute Gasteiger partial charge is 0.321 e. The lowest BCUT2D eigenvalue weighted by molar-refractivity contribution is 0.0870. The number of carbonyl (C=O) groups excluding carboxylic acids is 1. The first-order valence-corrected chi connectivity index (χ1v) is 9.31. The van der Waals surface area contributed by atoms with Crippen molar-refractivity contribution in [2.75, 3.05) is 38.0 Å². The minimum absolute atomic E-state index is 0.0541. The van der Waals surface area contributed by atoms with Gasteiger partial charge in [0, 0.05) is 37.3 Å². The third-order valence-electron chi connectivity index (χ3n) is 5.36. The van der Waals surface area contributed by atoms with Crippen LogP contribution in [0.25, 0.3) is 0 Å². The Hall–Kier alpha value is -1.55. The molecule has 4 nitrogen and oxygen atoms in total. The van der Waals surface area contributed by atoms with Crippen molar-refractivity contribution >= 4 is 11.7 Å². The molecule has 132 valence electrons. The van der Waals surface area contributed by atoms with Crippen LogP contribution in [0.5, 0.6) is 0 Å². The van der Waals surface area contributed by atoms with Crippen molar-refractivity contribution < 1.29 is 4.79 Å². The highest BCUT2D eigenvalue weighted by atomic mass is 16.2. The quantitative estimate of drug-likeness (QED) is 0.911. The average Bonchev–Trinajstić information content (AvgIpc) is 2.90. The van der Waals surface area contributed by atoms with Gasteiger partial charge in [0.1, 0.15) is 0 Å². The third-order valence-corrected chi connectivity index (χ3v) is 5.36. The van der Waals surface area contributed by atoms with E-state index >= 15 is 0 Å². The van der Waals surface area contributed by atoms with Gasteiger partial charge in [-0.1, -0.05) is 26.0 Å². The van der Waals surface area contributed by atoms with Gasteiger partial charge in [0.25, 0.3) is 0 Å². The predicted molar refractivity (Wildman–Crippen MR) is 99.3 cm³/mol. The van der Waals surface area contributed by atoms with Gasteiger partial charge in [0.15, 0.2) is 0 Å². The fourth-order valence-electron chi connectivity index (χ4n) is 4.35. The summed E-state index contributed by atoms with van der Waals surface area (Å²) in [5.41, 5.74) is 2.38. The topological polar surface area (TPSA) is 35.6 Å². The number of nitrogens with one attached hydrogen (secondary N) is 1. The van der Waals surface area contributed by atoms with Crippen molar-refractivity contribution in [1.82, 2.24) is 9.80 Å². The van der Waals surface area contributed by atoms with Gasteiger partial charge < -0.3 is 15.1 Å². The van der Waals surface area contributed by atoms with Crippen LogP contribution in [0.3, 0.4) is 0 Å². The molecule has 0 radical (unpaired) electrons. The van der Waals surface area contributed by atoms with Crippen LogP contribution in [0, 0.1) is 18.3 Å². The second-order valence-electron chi connectivity index (χ2n) is 8.20. The standard InChI is InChI=1S/C20H31N3O/c1-16(2)13-22-10-5-8-20(14-22)9-11-23(15-20)19(24)21-18-7-4-6-17(3)12-18/h4,6-7,12,16H,5,8-11,13-15H2,1-3H3,(H,21,24)/t20-/m1/s1. The molecule has 1 aromatic carbocycles. The zero-order valence-corrected chi connectivity index (χ0v) is 15.3. The van der Waals surface area contributed by atoms with Crippen molar-refractivity contribution in [1.29, 1.82) is 0 Å². The molecule has 0 saturated carbocycles. The number of urea groups is 1. The van der Waals surface area contributed by atoms with E-state index in [0.717, 1.165) is 31.7 Å². The molecule has 2 amide bonds. The first kappa shape index (κ1) is 17.3. The Labute approximate surface area is 146 Å². The average molecular weight is 329 g/mol. The number of piperidine rings is 1. The molecule has 2 heterocycles. The van der Waals surface area contributed by atoms with Crippen LogP contribution >= 0.6 is 0 Å². The molecule has 2 aliphatic rings. The number of likely N-dealkylation sites (tertiary alicyclic amines) is 2. The van der Waals surface area contributed by atoms with E-state index in [9.17, 15) is 4.79 Å². The van der Waals surface area contributed by atoms with E-state index in [4.69, 9.17) is 0 Å². The molecule has 1 atom stereocenters. The minimum atomic E-state index is 0.0541. The predicted octanol–water partition coefficient (Wildman–Crippen LogP) is 3.97. The number of hydrogen-bond donors (Lipinski definition) is 1.